The predicted octanol–water partition coefficient (Wildman–Crippen LogP) is 5.21. The fraction of sp³-hybridized carbons (Fsp3) is 0.368. The average Bonchev–Trinajstić information content (AvgIpc) is 2.63. The smallest absolute Gasteiger partial charge is 0.116 e. The Bertz CT molecular complexity index is 871. The molecular weight excluding hydrogens is 387 g/mol. The van der Waals surface area contributed by atoms with Gasteiger partial charge in [-0.1, -0.05) is 48.5 Å². The molecule has 0 bridgehead atoms. The van der Waals surface area contributed by atoms with Crippen molar-refractivity contribution in [2.45, 2.75) is 37.9 Å². The molecule has 1 heterocycles. The Labute approximate surface area is 167 Å². The van der Waals surface area contributed by atoms with E-state index in [0.717, 1.165) is 42.7 Å². The second-order valence-electron chi connectivity index (χ2n) is 6.52. The number of nitrogens with two attached hydrogens (primary N) is 1. The van der Waals surface area contributed by atoms with E-state index in [1.54, 1.807) is 6.07 Å². The third kappa shape index (κ3) is 3.40. The monoisotopic (exact) mass is 404 g/mol. The molecule has 0 atom stereocenters. The number of nitrogens with one attached hydrogen (secondary N) is 1. The van der Waals surface area contributed by atoms with Crippen LogP contribution in [0.2, 0.25) is 10.0 Å². The molecule has 0 aromatic heterocycles. The highest BCUT2D eigenvalue weighted by molar-refractivity contribution is 8.02. The van der Waals surface area contributed by atoms with Crippen LogP contribution in [0.25, 0.3) is 0 Å². The third-order valence-corrected chi connectivity index (χ3v) is 6.81. The van der Waals surface area contributed by atoms with Gasteiger partial charge in [-0.3, -0.25) is 0 Å². The second kappa shape index (κ2) is 7.84. The van der Waals surface area contributed by atoms with Gasteiger partial charge in [0.05, 0.1) is 38.4 Å². The van der Waals surface area contributed by atoms with Crippen molar-refractivity contribution < 1.29 is 0 Å². The molecule has 134 valence electrons. The molecule has 0 saturated heterocycles. The molecule has 1 aliphatic carbocycles. The molecule has 1 aliphatic heterocycles. The van der Waals surface area contributed by atoms with Crippen molar-refractivity contribution in [3.8, 4) is 12.1 Å². The largest absolute Gasteiger partial charge is 0.384 e. The zero-order chi connectivity index (χ0) is 18.7. The summed E-state index contributed by atoms with van der Waals surface area (Å²) in [6.45, 7) is 0. The topological polar surface area (TPSA) is 85.6 Å². The molecule has 26 heavy (non-hydrogen) atoms. The lowest BCUT2D eigenvalue weighted by atomic mass is 9.64. The van der Waals surface area contributed by atoms with E-state index in [2.05, 4.69) is 17.5 Å². The molecule has 1 saturated carbocycles. The van der Waals surface area contributed by atoms with Crippen LogP contribution in [0.4, 0.5) is 0 Å². The van der Waals surface area contributed by atoms with Gasteiger partial charge in [-0.15, -0.1) is 11.8 Å². The van der Waals surface area contributed by atoms with Gasteiger partial charge in [0, 0.05) is 11.2 Å². The SMILES string of the molecule is N#CC1=C(N)NC(SCc2ccc(Cl)c(Cl)c2)=C(C#N)C12CCCCC2. The Balaban J connectivity index is 1.93. The van der Waals surface area contributed by atoms with Gasteiger partial charge >= 0.3 is 0 Å². The Morgan fingerprint density at radius 2 is 1.77 bits per heavy atom. The zero-order valence-electron chi connectivity index (χ0n) is 14.1. The first-order chi connectivity index (χ1) is 12.5. The van der Waals surface area contributed by atoms with Gasteiger partial charge in [0.25, 0.3) is 0 Å². The molecule has 1 aromatic rings. The van der Waals surface area contributed by atoms with Crippen LogP contribution >= 0.6 is 35.0 Å². The standard InChI is InChI=1S/C19H18Cl2N4S/c20-15-5-4-12(8-16(15)21)11-26-18-14(10-23)19(6-2-1-3-7-19)13(9-22)17(24)25-18/h4-5,8,25H,1-3,6-7,11,24H2. The maximum Gasteiger partial charge on any atom is 0.116 e. The lowest BCUT2D eigenvalue weighted by Crippen LogP contribution is -2.39. The zero-order valence-corrected chi connectivity index (χ0v) is 16.4. The van der Waals surface area contributed by atoms with Crippen molar-refractivity contribution in [2.75, 3.05) is 0 Å². The molecule has 2 aliphatic rings. The minimum atomic E-state index is -0.545. The predicted molar refractivity (Wildman–Crippen MR) is 106 cm³/mol. The third-order valence-electron chi connectivity index (χ3n) is 5.00. The molecule has 0 radical (unpaired) electrons. The molecular formula is C19H18Cl2N4S. The summed E-state index contributed by atoms with van der Waals surface area (Å²) in [7, 11) is 0. The summed E-state index contributed by atoms with van der Waals surface area (Å²) in [6, 6.07) is 10.1. The number of halogens is 2. The Kier molecular flexibility index (Phi) is 5.73. The normalized spacial score (nSPS) is 19.1. The van der Waals surface area contributed by atoms with E-state index in [9.17, 15) is 10.5 Å². The molecule has 1 aromatic carbocycles. The number of rotatable bonds is 3. The number of benzene rings is 1. The molecule has 7 heteroatoms. The minimum Gasteiger partial charge on any atom is -0.384 e. The first-order valence-corrected chi connectivity index (χ1v) is 10.1. The van der Waals surface area contributed by atoms with Gasteiger partial charge in [0.15, 0.2) is 0 Å². The van der Waals surface area contributed by atoms with Crippen molar-refractivity contribution in [2.24, 2.45) is 11.1 Å². The summed E-state index contributed by atoms with van der Waals surface area (Å²) in [6.07, 6.45) is 4.69. The highest BCUT2D eigenvalue weighted by atomic mass is 35.5. The van der Waals surface area contributed by atoms with E-state index < -0.39 is 5.41 Å². The second-order valence-corrected chi connectivity index (χ2v) is 8.32. The molecule has 4 nitrogen and oxygen atoms in total. The Morgan fingerprint density at radius 3 is 2.38 bits per heavy atom. The van der Waals surface area contributed by atoms with Crippen molar-refractivity contribution >= 4 is 35.0 Å². The van der Waals surface area contributed by atoms with Crippen LogP contribution in [0, 0.1) is 28.1 Å². The quantitative estimate of drug-likeness (QED) is 0.721. The highest BCUT2D eigenvalue weighted by Crippen LogP contribution is 2.52. The van der Waals surface area contributed by atoms with E-state index in [1.165, 1.54) is 11.8 Å². The van der Waals surface area contributed by atoms with Crippen LogP contribution in [0.1, 0.15) is 37.7 Å². The van der Waals surface area contributed by atoms with Crippen LogP contribution in [0.15, 0.2) is 40.2 Å². The van der Waals surface area contributed by atoms with Crippen molar-refractivity contribution in [3.63, 3.8) is 0 Å². The van der Waals surface area contributed by atoms with E-state index in [-0.39, 0.29) is 0 Å². The summed E-state index contributed by atoms with van der Waals surface area (Å²) >= 11 is 13.6. The molecule has 1 spiro atoms. The van der Waals surface area contributed by atoms with Gasteiger partial charge in [0.2, 0.25) is 0 Å². The maximum atomic E-state index is 9.88. The summed E-state index contributed by atoms with van der Waals surface area (Å²) in [5, 5.41) is 24.4. The van der Waals surface area contributed by atoms with E-state index >= 15 is 0 Å². The number of nitrogens with zero attached hydrogens (tertiary/aromatic N) is 2. The number of thioether (sulfide) groups is 1. The van der Waals surface area contributed by atoms with Gasteiger partial charge < -0.3 is 11.1 Å². The fourth-order valence-electron chi connectivity index (χ4n) is 3.72. The first kappa shape index (κ1) is 19.0. The first-order valence-electron chi connectivity index (χ1n) is 8.41. The van der Waals surface area contributed by atoms with Gasteiger partial charge in [-0.25, -0.2) is 0 Å². The van der Waals surface area contributed by atoms with Gasteiger partial charge in [0.1, 0.15) is 5.82 Å². The van der Waals surface area contributed by atoms with Crippen molar-refractivity contribution in [3.05, 3.63) is 55.8 Å². The Morgan fingerprint density at radius 1 is 1.08 bits per heavy atom. The average molecular weight is 405 g/mol. The molecule has 3 rings (SSSR count). The maximum absolute atomic E-state index is 9.88. The summed E-state index contributed by atoms with van der Waals surface area (Å²) in [5.41, 5.74) is 7.76. The van der Waals surface area contributed by atoms with Crippen LogP contribution < -0.4 is 11.1 Å². The minimum absolute atomic E-state index is 0.366. The van der Waals surface area contributed by atoms with E-state index in [1.807, 2.05) is 12.1 Å². The van der Waals surface area contributed by atoms with Crippen LogP contribution in [-0.4, -0.2) is 0 Å². The number of nitriles is 2. The lowest BCUT2D eigenvalue weighted by molar-refractivity contribution is 0.294. The van der Waals surface area contributed by atoms with Crippen LogP contribution in [0.5, 0.6) is 0 Å². The Hall–Kier alpha value is -1.79. The van der Waals surface area contributed by atoms with Crippen LogP contribution in [-0.2, 0) is 5.75 Å². The van der Waals surface area contributed by atoms with E-state index in [0.29, 0.717) is 32.8 Å². The fourth-order valence-corrected chi connectivity index (χ4v) is 5.10. The molecule has 3 N–H and O–H groups in total. The highest BCUT2D eigenvalue weighted by Gasteiger charge is 2.45. The number of allylic oxidation sites excluding steroid dienone is 2. The van der Waals surface area contributed by atoms with Crippen LogP contribution in [0.3, 0.4) is 0 Å². The molecule has 1 fully saturated rings. The molecule has 0 amide bonds. The van der Waals surface area contributed by atoms with Crippen molar-refractivity contribution in [1.29, 1.82) is 10.5 Å². The van der Waals surface area contributed by atoms with E-state index in [4.69, 9.17) is 28.9 Å². The van der Waals surface area contributed by atoms with Crippen molar-refractivity contribution in [1.82, 2.24) is 5.32 Å². The van der Waals surface area contributed by atoms with Gasteiger partial charge in [-0.05, 0) is 30.5 Å². The lowest BCUT2D eigenvalue weighted by Gasteiger charge is -2.40. The molecule has 0 unspecified atom stereocenters. The number of dihydropyridines is 1. The summed E-state index contributed by atoms with van der Waals surface area (Å²) in [4.78, 5) is 0. The summed E-state index contributed by atoms with van der Waals surface area (Å²) < 4.78 is 0. The summed E-state index contributed by atoms with van der Waals surface area (Å²) in [5.74, 6) is 0.986. The van der Waals surface area contributed by atoms with Gasteiger partial charge in [-0.2, -0.15) is 10.5 Å². The number of hydrogen-bond donors (Lipinski definition) is 2. The number of hydrogen-bond acceptors (Lipinski definition) is 5.